The first-order valence-corrected chi connectivity index (χ1v) is 17.6. The van der Waals surface area contributed by atoms with Crippen molar-refractivity contribution in [1.82, 2.24) is 15.5 Å². The first-order chi connectivity index (χ1) is 26.9. The molecule has 2 aromatic carbocycles. The number of ether oxygens (including phenoxy) is 5. The summed E-state index contributed by atoms with van der Waals surface area (Å²) in [5.74, 6) is -9.25. The summed E-state index contributed by atoms with van der Waals surface area (Å²) in [5, 5.41) is 22.5. The van der Waals surface area contributed by atoms with Gasteiger partial charge in [0.1, 0.15) is 40.8 Å². The van der Waals surface area contributed by atoms with E-state index in [1.54, 1.807) is 0 Å². The van der Waals surface area contributed by atoms with Gasteiger partial charge in [-0.2, -0.15) is 0 Å². The number of amides is 3. The fourth-order valence-electron chi connectivity index (χ4n) is 5.97. The van der Waals surface area contributed by atoms with Gasteiger partial charge in [-0.15, -0.1) is 11.8 Å². The Bertz CT molecular complexity index is 2320. The quantitative estimate of drug-likeness (QED) is 0.0769. The second-order valence-corrected chi connectivity index (χ2v) is 13.4. The van der Waals surface area contributed by atoms with Gasteiger partial charge in [-0.25, -0.2) is 9.59 Å². The second kappa shape index (κ2) is 16.5. The summed E-state index contributed by atoms with van der Waals surface area (Å²) in [6, 6.07) is 5.79. The Morgan fingerprint density at radius 2 is 1.63 bits per heavy atom. The molecular weight excluding hydrogens is 778 g/mol. The summed E-state index contributed by atoms with van der Waals surface area (Å²) in [6.07, 6.45) is 0. The molecule has 4 N–H and O–H groups in total. The minimum Gasteiger partial charge on any atom is -0.482 e. The lowest BCUT2D eigenvalue weighted by molar-refractivity contribution is -0.193. The van der Waals surface area contributed by atoms with Crippen LogP contribution in [0.1, 0.15) is 48.5 Å². The van der Waals surface area contributed by atoms with Crippen molar-refractivity contribution in [2.24, 2.45) is 0 Å². The predicted molar refractivity (Wildman–Crippen MR) is 192 cm³/mol. The Labute approximate surface area is 325 Å². The number of nitrogens with one attached hydrogen (secondary N) is 2. The van der Waals surface area contributed by atoms with Crippen molar-refractivity contribution in [2.75, 3.05) is 26.1 Å². The van der Waals surface area contributed by atoms with Crippen LogP contribution >= 0.6 is 11.8 Å². The van der Waals surface area contributed by atoms with Gasteiger partial charge in [-0.1, -0.05) is 12.1 Å². The molecule has 2 aliphatic heterocycles. The molecule has 5 rings (SSSR count). The van der Waals surface area contributed by atoms with Crippen molar-refractivity contribution in [3.63, 3.8) is 0 Å². The molecule has 57 heavy (non-hydrogen) atoms. The monoisotopic (exact) mass is 811 g/mol. The zero-order chi connectivity index (χ0) is 41.9. The third kappa shape index (κ3) is 8.28. The maximum atomic E-state index is 14.2. The molecule has 1 aromatic heterocycles. The van der Waals surface area contributed by atoms with Crippen LogP contribution in [0.15, 0.2) is 56.9 Å². The number of nitrogens with zero attached hydrogens (tertiary/aromatic N) is 1. The Hall–Kier alpha value is -6.74. The van der Waals surface area contributed by atoms with Gasteiger partial charge in [0.15, 0.2) is 17.9 Å². The summed E-state index contributed by atoms with van der Waals surface area (Å²) in [5.41, 5.74) is -4.36. The van der Waals surface area contributed by atoms with E-state index in [0.29, 0.717) is 0 Å². The number of hydrogen-bond donors (Lipinski definition) is 4. The van der Waals surface area contributed by atoms with Crippen molar-refractivity contribution in [3.8, 4) is 17.2 Å². The Morgan fingerprint density at radius 1 is 0.965 bits per heavy atom. The molecule has 1 unspecified atom stereocenters. The molecule has 0 radical (unpaired) electrons. The molecule has 1 saturated heterocycles. The standard InChI is InChI=1S/C36H33N3O17S/c1-15-25(28(45)22-10-11-23(55-17(3)41)30(29(22)54-15)56-18(4)42)31(46)37-26(19-6-8-21(9-7-19)53-13-24(43)44)32(47)38-36(51-5)34(50)39-27(33(48)49)20(12-52-16(2)40)14-57-35(36)39/h6-11,26,35H,12-14H2,1-5H3,(H,37,46)(H,38,47)(H,43,44)(H,48,49)/t26?,35-,36-/m0/s1. The molecule has 300 valence electrons. The number of hydrogen-bond acceptors (Lipinski definition) is 16. The molecule has 3 heterocycles. The second-order valence-electron chi connectivity index (χ2n) is 12.3. The summed E-state index contributed by atoms with van der Waals surface area (Å²) < 4.78 is 31.7. The number of rotatable bonds is 14. The van der Waals surface area contributed by atoms with Crippen LogP contribution in [0.25, 0.3) is 11.0 Å². The van der Waals surface area contributed by atoms with Crippen LogP contribution in [0, 0.1) is 6.92 Å². The van der Waals surface area contributed by atoms with Gasteiger partial charge in [0.05, 0.1) is 5.39 Å². The average Bonchev–Trinajstić information content (AvgIpc) is 3.14. The maximum absolute atomic E-state index is 14.2. The minimum absolute atomic E-state index is 0.0375. The van der Waals surface area contributed by atoms with Gasteiger partial charge < -0.3 is 48.9 Å². The molecule has 1 fully saturated rings. The average molecular weight is 812 g/mol. The number of carbonyl (C=O) groups excluding carboxylic acids is 6. The molecule has 21 heteroatoms. The fraction of sp³-hybridized carbons (Fsp3) is 0.306. The molecule has 3 aromatic rings. The van der Waals surface area contributed by atoms with Crippen molar-refractivity contribution in [1.29, 1.82) is 0 Å². The van der Waals surface area contributed by atoms with E-state index >= 15 is 0 Å². The van der Waals surface area contributed by atoms with E-state index in [1.165, 1.54) is 37.3 Å². The van der Waals surface area contributed by atoms with Crippen LogP contribution in [0.5, 0.6) is 17.2 Å². The number of benzene rings is 2. The van der Waals surface area contributed by atoms with E-state index in [9.17, 15) is 48.3 Å². The summed E-state index contributed by atoms with van der Waals surface area (Å²) in [7, 11) is 1.09. The molecule has 0 spiro atoms. The minimum atomic E-state index is -2.17. The number of carboxylic acid groups (broad SMARTS) is 2. The number of esters is 3. The molecule has 0 bridgehead atoms. The van der Waals surface area contributed by atoms with Crippen molar-refractivity contribution >= 4 is 70.3 Å². The number of carboxylic acids is 2. The van der Waals surface area contributed by atoms with Crippen LogP contribution in [-0.4, -0.2) is 99.9 Å². The number of carbonyl (C=O) groups is 8. The maximum Gasteiger partial charge on any atom is 0.352 e. The van der Waals surface area contributed by atoms with Gasteiger partial charge >= 0.3 is 29.8 Å². The number of fused-ring (bicyclic) bond motifs is 2. The topological polar surface area (TPSA) is 281 Å². The highest BCUT2D eigenvalue weighted by molar-refractivity contribution is 8.00. The van der Waals surface area contributed by atoms with E-state index < -0.39 is 100 Å². The van der Waals surface area contributed by atoms with E-state index in [2.05, 4.69) is 10.6 Å². The SMILES string of the molecule is CO[C@@]1(NC(=O)C(NC(=O)c2c(C)oc3c(OC(C)=O)c(OC(C)=O)ccc3c2=O)c2ccc(OCC(=O)O)cc2)C(=O)N2C(C(=O)O)=C(COC(C)=O)CS[C@H]21. The number of aliphatic carboxylic acids is 2. The van der Waals surface area contributed by atoms with Crippen LogP contribution in [0.2, 0.25) is 0 Å². The van der Waals surface area contributed by atoms with E-state index in [0.717, 1.165) is 50.6 Å². The van der Waals surface area contributed by atoms with Crippen molar-refractivity contribution < 1.29 is 76.7 Å². The van der Waals surface area contributed by atoms with Gasteiger partial charge in [0.25, 0.3) is 17.5 Å². The molecule has 0 saturated carbocycles. The Balaban J connectivity index is 1.53. The van der Waals surface area contributed by atoms with Crippen LogP contribution in [-0.2, 0) is 43.0 Å². The summed E-state index contributed by atoms with van der Waals surface area (Å²) in [4.78, 5) is 115. The molecule has 3 atom stereocenters. The van der Waals surface area contributed by atoms with Crippen molar-refractivity contribution in [2.45, 2.75) is 44.8 Å². The highest BCUT2D eigenvalue weighted by Crippen LogP contribution is 2.47. The third-order valence-electron chi connectivity index (χ3n) is 8.39. The van der Waals surface area contributed by atoms with Gasteiger partial charge in [0, 0.05) is 39.2 Å². The van der Waals surface area contributed by atoms with Crippen LogP contribution in [0.4, 0.5) is 0 Å². The Kier molecular flexibility index (Phi) is 12.0. The van der Waals surface area contributed by atoms with E-state index in [4.69, 9.17) is 33.2 Å². The first-order valence-electron chi connectivity index (χ1n) is 16.5. The number of β-lactam (4-membered cyclic amide) rings is 1. The third-order valence-corrected chi connectivity index (χ3v) is 9.76. The lowest BCUT2D eigenvalue weighted by Gasteiger charge is -2.56. The lowest BCUT2D eigenvalue weighted by Crippen LogP contribution is -2.81. The first kappa shape index (κ1) is 41.4. The Morgan fingerprint density at radius 3 is 2.21 bits per heavy atom. The predicted octanol–water partition coefficient (Wildman–Crippen LogP) is 1.16. The molecule has 20 nitrogen and oxygen atoms in total. The molecular formula is C36H33N3O17S. The number of aryl methyl sites for hydroxylation is 1. The zero-order valence-corrected chi connectivity index (χ0v) is 31.4. The van der Waals surface area contributed by atoms with Crippen LogP contribution in [0.3, 0.4) is 0 Å². The smallest absolute Gasteiger partial charge is 0.352 e. The normalized spacial score (nSPS) is 17.7. The van der Waals surface area contributed by atoms with Crippen molar-refractivity contribution in [3.05, 3.63) is 74.8 Å². The zero-order valence-electron chi connectivity index (χ0n) is 30.6. The highest BCUT2D eigenvalue weighted by Gasteiger charge is 2.67. The lowest BCUT2D eigenvalue weighted by atomic mass is 9.96. The van der Waals surface area contributed by atoms with Gasteiger partial charge in [-0.3, -0.25) is 38.5 Å². The summed E-state index contributed by atoms with van der Waals surface area (Å²) in [6.45, 7) is 3.41. The number of methoxy groups -OCH3 is 1. The van der Waals surface area contributed by atoms with E-state index in [-0.39, 0.29) is 45.1 Å². The number of thioether (sulfide) groups is 1. The molecule has 3 amide bonds. The fourth-order valence-corrected chi connectivity index (χ4v) is 7.39. The van der Waals surface area contributed by atoms with E-state index in [1.807, 2.05) is 0 Å². The highest BCUT2D eigenvalue weighted by atomic mass is 32.2. The van der Waals surface area contributed by atoms with Gasteiger partial charge in [0.2, 0.25) is 17.1 Å². The van der Waals surface area contributed by atoms with Crippen LogP contribution < -0.4 is 30.3 Å². The van der Waals surface area contributed by atoms with Gasteiger partial charge in [-0.05, 0) is 36.8 Å². The molecule has 0 aliphatic carbocycles. The largest absolute Gasteiger partial charge is 0.482 e. The summed E-state index contributed by atoms with van der Waals surface area (Å²) >= 11 is 1.00. The molecule has 2 aliphatic rings.